The van der Waals surface area contributed by atoms with Crippen molar-refractivity contribution in [3.63, 3.8) is 0 Å². The van der Waals surface area contributed by atoms with E-state index in [1.165, 1.54) is 0 Å². The number of anilines is 1. The molecule has 2 aromatic carbocycles. The van der Waals surface area contributed by atoms with Crippen LogP contribution in [0.3, 0.4) is 0 Å². The first-order valence-electron chi connectivity index (χ1n) is 9.89. The molecule has 8 nitrogen and oxygen atoms in total. The van der Waals surface area contributed by atoms with Gasteiger partial charge >= 0.3 is 5.97 Å². The first kappa shape index (κ1) is 21.8. The van der Waals surface area contributed by atoms with Gasteiger partial charge in [-0.3, -0.25) is 14.7 Å². The van der Waals surface area contributed by atoms with Gasteiger partial charge in [0.2, 0.25) is 0 Å². The van der Waals surface area contributed by atoms with Gasteiger partial charge in [0.15, 0.2) is 6.61 Å². The van der Waals surface area contributed by atoms with Gasteiger partial charge in [0, 0.05) is 12.1 Å². The fourth-order valence-electron chi connectivity index (χ4n) is 2.76. The lowest BCUT2D eigenvalue weighted by Crippen LogP contribution is -2.29. The van der Waals surface area contributed by atoms with Crippen LogP contribution in [0.1, 0.15) is 34.7 Å². The maximum absolute atomic E-state index is 12.4. The highest BCUT2D eigenvalue weighted by molar-refractivity contribution is 6.04. The minimum absolute atomic E-state index is 0.139. The van der Waals surface area contributed by atoms with Crippen LogP contribution >= 0.6 is 0 Å². The molecule has 0 aliphatic rings. The number of ether oxygens (including phenoxy) is 1. The largest absolute Gasteiger partial charge is 0.451 e. The average Bonchev–Trinajstić information content (AvgIpc) is 3.27. The number of esters is 1. The van der Waals surface area contributed by atoms with Gasteiger partial charge in [0.05, 0.1) is 16.9 Å². The molecule has 1 aromatic heterocycles. The zero-order valence-corrected chi connectivity index (χ0v) is 17.3. The second-order valence-electron chi connectivity index (χ2n) is 7.31. The number of hydrogen-bond donors (Lipinski definition) is 3. The zero-order valence-electron chi connectivity index (χ0n) is 17.3. The number of nitrogens with one attached hydrogen (secondary N) is 3. The van der Waals surface area contributed by atoms with Gasteiger partial charge in [-0.15, -0.1) is 0 Å². The van der Waals surface area contributed by atoms with E-state index >= 15 is 0 Å². The van der Waals surface area contributed by atoms with Crippen molar-refractivity contribution in [3.8, 4) is 11.3 Å². The topological polar surface area (TPSA) is 113 Å². The molecule has 0 atom stereocenters. The number of amides is 2. The van der Waals surface area contributed by atoms with Crippen molar-refractivity contribution in [2.24, 2.45) is 5.92 Å². The molecular weight excluding hydrogens is 396 g/mol. The Hall–Kier alpha value is -3.94. The summed E-state index contributed by atoms with van der Waals surface area (Å²) in [5.41, 5.74) is 2.27. The minimum atomic E-state index is -0.701. The van der Waals surface area contributed by atoms with Crippen LogP contribution in [-0.2, 0) is 9.53 Å². The summed E-state index contributed by atoms with van der Waals surface area (Å²) in [4.78, 5) is 36.9. The molecule has 0 radical (unpaired) electrons. The third-order valence-electron chi connectivity index (χ3n) is 4.32. The standard InChI is InChI=1S/C23H24N4O4/c1-15(2)13-24-22(29)17-10-6-7-11-18(17)25-21(28)14-31-23(30)20-12-19(26-27-20)16-8-4-3-5-9-16/h3-12,15H,13-14H2,1-2H3,(H,24,29)(H,25,28)(H,26,27). The fraction of sp³-hybridized carbons (Fsp3) is 0.217. The second-order valence-corrected chi connectivity index (χ2v) is 7.31. The van der Waals surface area contributed by atoms with E-state index in [4.69, 9.17) is 4.74 Å². The van der Waals surface area contributed by atoms with Crippen LogP contribution in [0, 0.1) is 5.92 Å². The molecule has 160 valence electrons. The van der Waals surface area contributed by atoms with Crippen LogP contribution in [-0.4, -0.2) is 41.1 Å². The van der Waals surface area contributed by atoms with Gasteiger partial charge in [-0.1, -0.05) is 56.3 Å². The summed E-state index contributed by atoms with van der Waals surface area (Å²) in [6.45, 7) is 4.00. The van der Waals surface area contributed by atoms with Crippen LogP contribution in [0.25, 0.3) is 11.3 Å². The van der Waals surface area contributed by atoms with E-state index in [0.717, 1.165) is 5.56 Å². The van der Waals surface area contributed by atoms with Crippen molar-refractivity contribution in [2.75, 3.05) is 18.5 Å². The summed E-state index contributed by atoms with van der Waals surface area (Å²) < 4.78 is 5.07. The summed E-state index contributed by atoms with van der Waals surface area (Å²) in [6.07, 6.45) is 0. The molecule has 31 heavy (non-hydrogen) atoms. The highest BCUT2D eigenvalue weighted by Crippen LogP contribution is 2.18. The number of H-pyrrole nitrogens is 1. The molecular formula is C23H24N4O4. The Balaban J connectivity index is 1.57. The number of carbonyl (C=O) groups is 3. The van der Waals surface area contributed by atoms with E-state index in [2.05, 4.69) is 20.8 Å². The van der Waals surface area contributed by atoms with Gasteiger partial charge in [0.1, 0.15) is 5.69 Å². The zero-order chi connectivity index (χ0) is 22.2. The van der Waals surface area contributed by atoms with E-state index < -0.39 is 18.5 Å². The first-order chi connectivity index (χ1) is 14.9. The molecule has 0 saturated carbocycles. The predicted octanol–water partition coefficient (Wildman–Crippen LogP) is 3.26. The maximum Gasteiger partial charge on any atom is 0.356 e. The fourth-order valence-corrected chi connectivity index (χ4v) is 2.76. The smallest absolute Gasteiger partial charge is 0.356 e. The molecule has 0 fully saturated rings. The Kier molecular flexibility index (Phi) is 7.16. The molecule has 1 heterocycles. The Morgan fingerprint density at radius 2 is 1.74 bits per heavy atom. The average molecular weight is 420 g/mol. The molecule has 0 saturated heterocycles. The molecule has 3 rings (SSSR count). The number of hydrogen-bond acceptors (Lipinski definition) is 5. The van der Waals surface area contributed by atoms with Gasteiger partial charge in [-0.25, -0.2) is 4.79 Å². The molecule has 8 heteroatoms. The van der Waals surface area contributed by atoms with Crippen molar-refractivity contribution in [1.82, 2.24) is 15.5 Å². The van der Waals surface area contributed by atoms with E-state index in [1.807, 2.05) is 44.2 Å². The molecule has 0 aliphatic heterocycles. The van der Waals surface area contributed by atoms with Crippen LogP contribution in [0.15, 0.2) is 60.7 Å². The highest BCUT2D eigenvalue weighted by Gasteiger charge is 2.16. The van der Waals surface area contributed by atoms with Crippen LogP contribution in [0.4, 0.5) is 5.69 Å². The Bertz CT molecular complexity index is 1060. The molecule has 0 aliphatic carbocycles. The van der Waals surface area contributed by atoms with Crippen molar-refractivity contribution < 1.29 is 19.1 Å². The predicted molar refractivity (Wildman–Crippen MR) is 117 cm³/mol. The molecule has 0 spiro atoms. The lowest BCUT2D eigenvalue weighted by atomic mass is 10.1. The minimum Gasteiger partial charge on any atom is -0.451 e. The Morgan fingerprint density at radius 3 is 2.48 bits per heavy atom. The molecule has 0 unspecified atom stereocenters. The van der Waals surface area contributed by atoms with Crippen LogP contribution < -0.4 is 10.6 Å². The Labute approximate surface area is 180 Å². The number of aromatic amines is 1. The number of aromatic nitrogens is 2. The summed E-state index contributed by atoms with van der Waals surface area (Å²) in [7, 11) is 0. The van der Waals surface area contributed by atoms with Gasteiger partial charge in [-0.05, 0) is 24.1 Å². The molecule has 2 amide bonds. The summed E-state index contributed by atoms with van der Waals surface area (Å²) in [5.74, 6) is -1.24. The number of rotatable bonds is 8. The maximum atomic E-state index is 12.4. The summed E-state index contributed by atoms with van der Waals surface area (Å²) in [5, 5.41) is 12.1. The highest BCUT2D eigenvalue weighted by atomic mass is 16.5. The number of benzene rings is 2. The van der Waals surface area contributed by atoms with Crippen LogP contribution in [0.2, 0.25) is 0 Å². The quantitative estimate of drug-likeness (QED) is 0.484. The van der Waals surface area contributed by atoms with E-state index in [-0.39, 0.29) is 11.6 Å². The van der Waals surface area contributed by atoms with Crippen molar-refractivity contribution in [1.29, 1.82) is 0 Å². The first-order valence-corrected chi connectivity index (χ1v) is 9.89. The number of para-hydroxylation sites is 1. The number of nitrogens with zero attached hydrogens (tertiary/aromatic N) is 1. The third kappa shape index (κ3) is 6.02. The molecule has 3 N–H and O–H groups in total. The monoisotopic (exact) mass is 420 g/mol. The van der Waals surface area contributed by atoms with E-state index in [1.54, 1.807) is 30.3 Å². The van der Waals surface area contributed by atoms with Gasteiger partial charge in [0.25, 0.3) is 11.8 Å². The third-order valence-corrected chi connectivity index (χ3v) is 4.32. The molecule has 3 aromatic rings. The second kappa shape index (κ2) is 10.2. The van der Waals surface area contributed by atoms with E-state index in [9.17, 15) is 14.4 Å². The lowest BCUT2D eigenvalue weighted by molar-refractivity contribution is -0.119. The molecule has 0 bridgehead atoms. The SMILES string of the molecule is CC(C)CNC(=O)c1ccccc1NC(=O)COC(=O)c1cc(-c2ccccc2)n[nH]1. The van der Waals surface area contributed by atoms with E-state index in [0.29, 0.717) is 29.4 Å². The summed E-state index contributed by atoms with van der Waals surface area (Å²) in [6, 6.07) is 17.6. The van der Waals surface area contributed by atoms with Crippen molar-refractivity contribution in [2.45, 2.75) is 13.8 Å². The van der Waals surface area contributed by atoms with Gasteiger partial charge in [-0.2, -0.15) is 5.10 Å². The normalized spacial score (nSPS) is 10.5. The summed E-state index contributed by atoms with van der Waals surface area (Å²) >= 11 is 0. The van der Waals surface area contributed by atoms with Crippen molar-refractivity contribution >= 4 is 23.5 Å². The van der Waals surface area contributed by atoms with Crippen LogP contribution in [0.5, 0.6) is 0 Å². The lowest BCUT2D eigenvalue weighted by Gasteiger charge is -2.12. The number of carbonyl (C=O) groups excluding carboxylic acids is 3. The Morgan fingerprint density at radius 1 is 1.03 bits per heavy atom. The van der Waals surface area contributed by atoms with Crippen molar-refractivity contribution in [3.05, 3.63) is 71.9 Å². The van der Waals surface area contributed by atoms with Gasteiger partial charge < -0.3 is 15.4 Å².